The summed E-state index contributed by atoms with van der Waals surface area (Å²) in [5, 5.41) is 5.40. The summed E-state index contributed by atoms with van der Waals surface area (Å²) in [5.41, 5.74) is 0. The second-order valence-corrected chi connectivity index (χ2v) is 5.47. The van der Waals surface area contributed by atoms with Crippen LogP contribution in [0.2, 0.25) is 0 Å². The summed E-state index contributed by atoms with van der Waals surface area (Å²) in [4.78, 5) is 12.1. The highest BCUT2D eigenvalue weighted by Gasteiger charge is 2.05. The molecule has 0 radical (unpaired) electrons. The highest BCUT2D eigenvalue weighted by atomic mass is 32.1. The molecule has 0 bridgehead atoms. The Hall–Kier alpha value is -1.62. The molecular formula is C14H20N4S. The average molecular weight is 276 g/mol. The first-order chi connectivity index (χ1) is 9.29. The zero-order valence-corrected chi connectivity index (χ0v) is 12.3. The predicted octanol–water partition coefficient (Wildman–Crippen LogP) is 3.04. The smallest absolute Gasteiger partial charge is 0.133 e. The first-order valence-electron chi connectivity index (χ1n) is 6.59. The van der Waals surface area contributed by atoms with Gasteiger partial charge in [-0.05, 0) is 24.3 Å². The zero-order valence-electron chi connectivity index (χ0n) is 11.5. The van der Waals surface area contributed by atoms with Crippen molar-refractivity contribution in [3.05, 3.63) is 34.8 Å². The van der Waals surface area contributed by atoms with Crippen LogP contribution in [0.1, 0.15) is 18.2 Å². The van der Waals surface area contributed by atoms with Gasteiger partial charge in [-0.1, -0.05) is 13.0 Å². The lowest BCUT2D eigenvalue weighted by Gasteiger charge is -2.18. The molecular weight excluding hydrogens is 256 g/mol. The standard InChI is InChI=1S/C14H20N4S/c1-3-7-15-13-10-14(17-11-16-13)18(2)8-6-12-5-4-9-19-12/h4-5,9-11H,3,6-8H2,1-2H3,(H,15,16,17). The van der Waals surface area contributed by atoms with Gasteiger partial charge in [-0.3, -0.25) is 0 Å². The summed E-state index contributed by atoms with van der Waals surface area (Å²) < 4.78 is 0. The Morgan fingerprint density at radius 1 is 1.37 bits per heavy atom. The summed E-state index contributed by atoms with van der Waals surface area (Å²) >= 11 is 1.80. The average Bonchev–Trinajstić information content (AvgIpc) is 2.96. The molecule has 19 heavy (non-hydrogen) atoms. The highest BCUT2D eigenvalue weighted by molar-refractivity contribution is 7.09. The molecule has 1 N–H and O–H groups in total. The van der Waals surface area contributed by atoms with Gasteiger partial charge in [0.1, 0.15) is 18.0 Å². The first-order valence-corrected chi connectivity index (χ1v) is 7.47. The molecule has 0 spiro atoms. The quantitative estimate of drug-likeness (QED) is 0.844. The van der Waals surface area contributed by atoms with Crippen LogP contribution in [0.5, 0.6) is 0 Å². The fourth-order valence-electron chi connectivity index (χ4n) is 1.75. The molecule has 0 saturated heterocycles. The maximum atomic E-state index is 4.33. The Labute approximate surface area is 118 Å². The van der Waals surface area contributed by atoms with E-state index in [2.05, 4.69) is 51.7 Å². The van der Waals surface area contributed by atoms with Crippen LogP contribution < -0.4 is 10.2 Å². The van der Waals surface area contributed by atoms with Crippen molar-refractivity contribution >= 4 is 23.0 Å². The Morgan fingerprint density at radius 2 is 2.26 bits per heavy atom. The molecule has 0 aliphatic rings. The normalized spacial score (nSPS) is 10.4. The van der Waals surface area contributed by atoms with Crippen molar-refractivity contribution in [2.75, 3.05) is 30.4 Å². The van der Waals surface area contributed by atoms with Crippen LogP contribution in [0.15, 0.2) is 29.9 Å². The van der Waals surface area contributed by atoms with Crippen molar-refractivity contribution in [1.82, 2.24) is 9.97 Å². The minimum Gasteiger partial charge on any atom is -0.370 e. The van der Waals surface area contributed by atoms with Crippen LogP contribution in [0.4, 0.5) is 11.6 Å². The second-order valence-electron chi connectivity index (χ2n) is 4.44. The van der Waals surface area contributed by atoms with Gasteiger partial charge in [-0.2, -0.15) is 0 Å². The fraction of sp³-hybridized carbons (Fsp3) is 0.429. The number of hydrogen-bond donors (Lipinski definition) is 1. The van der Waals surface area contributed by atoms with E-state index in [1.54, 1.807) is 17.7 Å². The van der Waals surface area contributed by atoms with Crippen molar-refractivity contribution in [2.24, 2.45) is 0 Å². The van der Waals surface area contributed by atoms with E-state index in [9.17, 15) is 0 Å². The molecule has 102 valence electrons. The van der Waals surface area contributed by atoms with Gasteiger partial charge in [-0.25, -0.2) is 9.97 Å². The van der Waals surface area contributed by atoms with Gasteiger partial charge in [0.05, 0.1) is 0 Å². The lowest BCUT2D eigenvalue weighted by molar-refractivity contribution is 0.863. The van der Waals surface area contributed by atoms with Crippen LogP contribution in [-0.2, 0) is 6.42 Å². The van der Waals surface area contributed by atoms with Crippen molar-refractivity contribution in [3.63, 3.8) is 0 Å². The Morgan fingerprint density at radius 3 is 3.00 bits per heavy atom. The van der Waals surface area contributed by atoms with Crippen molar-refractivity contribution in [3.8, 4) is 0 Å². The van der Waals surface area contributed by atoms with Crippen LogP contribution in [0.25, 0.3) is 0 Å². The molecule has 0 atom stereocenters. The molecule has 0 aromatic carbocycles. The predicted molar refractivity (Wildman–Crippen MR) is 82.1 cm³/mol. The van der Waals surface area contributed by atoms with E-state index in [4.69, 9.17) is 0 Å². The molecule has 4 nitrogen and oxygen atoms in total. The van der Waals surface area contributed by atoms with Crippen molar-refractivity contribution < 1.29 is 0 Å². The van der Waals surface area contributed by atoms with E-state index >= 15 is 0 Å². The van der Waals surface area contributed by atoms with Crippen LogP contribution >= 0.6 is 11.3 Å². The summed E-state index contributed by atoms with van der Waals surface area (Å²) in [6.07, 6.45) is 3.76. The van der Waals surface area contributed by atoms with Gasteiger partial charge in [0.15, 0.2) is 0 Å². The molecule has 0 fully saturated rings. The number of likely N-dealkylation sites (N-methyl/N-ethyl adjacent to an activating group) is 1. The maximum absolute atomic E-state index is 4.33. The van der Waals surface area contributed by atoms with E-state index in [0.29, 0.717) is 0 Å². The number of nitrogens with zero attached hydrogens (tertiary/aromatic N) is 3. The Bertz CT molecular complexity index is 484. The molecule has 2 aromatic heterocycles. The molecule has 0 aliphatic carbocycles. The lowest BCUT2D eigenvalue weighted by atomic mass is 10.3. The molecule has 2 aromatic rings. The summed E-state index contributed by atoms with van der Waals surface area (Å²) in [6.45, 7) is 4.04. The van der Waals surface area contributed by atoms with Crippen LogP contribution in [0, 0.1) is 0 Å². The number of rotatable bonds is 7. The molecule has 2 rings (SSSR count). The SMILES string of the molecule is CCCNc1cc(N(C)CCc2cccs2)ncn1. The van der Waals surface area contributed by atoms with E-state index in [0.717, 1.165) is 37.6 Å². The number of hydrogen-bond acceptors (Lipinski definition) is 5. The topological polar surface area (TPSA) is 41.0 Å². The Kier molecular flexibility index (Phi) is 5.15. The molecule has 0 saturated carbocycles. The monoisotopic (exact) mass is 276 g/mol. The molecule has 0 aliphatic heterocycles. The van der Waals surface area contributed by atoms with Gasteiger partial charge in [0.25, 0.3) is 0 Å². The van der Waals surface area contributed by atoms with Crippen molar-refractivity contribution in [2.45, 2.75) is 19.8 Å². The summed E-state index contributed by atoms with van der Waals surface area (Å²) in [6, 6.07) is 6.27. The van der Waals surface area contributed by atoms with Crippen LogP contribution in [-0.4, -0.2) is 30.1 Å². The molecule has 0 unspecified atom stereocenters. The molecule has 2 heterocycles. The van der Waals surface area contributed by atoms with E-state index in [-0.39, 0.29) is 0 Å². The zero-order chi connectivity index (χ0) is 13.5. The third kappa shape index (κ3) is 4.21. The van der Waals surface area contributed by atoms with Gasteiger partial charge < -0.3 is 10.2 Å². The minimum atomic E-state index is 0.898. The van der Waals surface area contributed by atoms with Crippen molar-refractivity contribution in [1.29, 1.82) is 0 Å². The minimum absolute atomic E-state index is 0.898. The molecule has 5 heteroatoms. The maximum Gasteiger partial charge on any atom is 0.133 e. The number of anilines is 2. The lowest BCUT2D eigenvalue weighted by Crippen LogP contribution is -2.21. The van der Waals surface area contributed by atoms with E-state index in [1.165, 1.54) is 4.88 Å². The van der Waals surface area contributed by atoms with Gasteiger partial charge in [0, 0.05) is 31.1 Å². The fourth-order valence-corrected chi connectivity index (χ4v) is 2.45. The van der Waals surface area contributed by atoms with E-state index < -0.39 is 0 Å². The van der Waals surface area contributed by atoms with Gasteiger partial charge in [-0.15, -0.1) is 11.3 Å². The van der Waals surface area contributed by atoms with Crippen LogP contribution in [0.3, 0.4) is 0 Å². The second kappa shape index (κ2) is 7.09. The third-order valence-corrected chi connectivity index (χ3v) is 3.81. The first kappa shape index (κ1) is 13.8. The van der Waals surface area contributed by atoms with E-state index in [1.807, 2.05) is 6.07 Å². The number of nitrogens with one attached hydrogen (secondary N) is 1. The number of thiophene rings is 1. The third-order valence-electron chi connectivity index (χ3n) is 2.87. The highest BCUT2D eigenvalue weighted by Crippen LogP contribution is 2.15. The molecule has 0 amide bonds. The summed E-state index contributed by atoms with van der Waals surface area (Å²) in [7, 11) is 2.07. The summed E-state index contributed by atoms with van der Waals surface area (Å²) in [5.74, 6) is 1.86. The van der Waals surface area contributed by atoms with Gasteiger partial charge >= 0.3 is 0 Å². The number of aromatic nitrogens is 2. The Balaban J connectivity index is 1.92. The van der Waals surface area contributed by atoms with Gasteiger partial charge in [0.2, 0.25) is 0 Å². The largest absolute Gasteiger partial charge is 0.370 e.